The van der Waals surface area contributed by atoms with E-state index in [0.717, 1.165) is 6.54 Å². The van der Waals surface area contributed by atoms with Gasteiger partial charge < -0.3 is 5.32 Å². The number of hydrogen-bond donors (Lipinski definition) is 1. The first kappa shape index (κ1) is 5.45. The van der Waals surface area contributed by atoms with Crippen molar-refractivity contribution >= 4 is 11.8 Å². The largest absolute Gasteiger partial charge is 0.312 e. The molecule has 1 aliphatic rings. The second-order valence-corrected chi connectivity index (χ2v) is 2.78. The highest BCUT2D eigenvalue weighted by molar-refractivity contribution is 7.99. The van der Waals surface area contributed by atoms with Gasteiger partial charge in [0.2, 0.25) is 0 Å². The molecule has 0 aromatic carbocycles. The van der Waals surface area contributed by atoms with Gasteiger partial charge in [-0.05, 0) is 12.2 Å². The number of thioether (sulfide) groups is 1. The highest BCUT2D eigenvalue weighted by Gasteiger charge is 1.94. The van der Waals surface area contributed by atoms with Crippen molar-refractivity contribution in [3.63, 3.8) is 0 Å². The van der Waals surface area contributed by atoms with Gasteiger partial charge in [0.05, 0.1) is 0 Å². The summed E-state index contributed by atoms with van der Waals surface area (Å²) in [5.41, 5.74) is 0. The van der Waals surface area contributed by atoms with Crippen molar-refractivity contribution in [2.24, 2.45) is 0 Å². The Morgan fingerprint density at radius 3 is 3.43 bits per heavy atom. The van der Waals surface area contributed by atoms with Gasteiger partial charge in [-0.2, -0.15) is 11.8 Å². The lowest BCUT2D eigenvalue weighted by Gasteiger charge is -1.90. The molecule has 0 spiro atoms. The molecule has 2 heteroatoms. The van der Waals surface area contributed by atoms with Crippen LogP contribution in [0.25, 0.3) is 0 Å². The van der Waals surface area contributed by atoms with Gasteiger partial charge in [0.1, 0.15) is 0 Å². The minimum Gasteiger partial charge on any atom is -0.312 e. The summed E-state index contributed by atoms with van der Waals surface area (Å²) in [5, 5.41) is 3.20. The van der Waals surface area contributed by atoms with Gasteiger partial charge in [-0.25, -0.2) is 0 Å². The van der Waals surface area contributed by atoms with Crippen LogP contribution in [0, 0.1) is 6.54 Å². The van der Waals surface area contributed by atoms with Crippen LogP contribution < -0.4 is 5.32 Å². The summed E-state index contributed by atoms with van der Waals surface area (Å²) >= 11 is 2.02. The highest BCUT2D eigenvalue weighted by Crippen LogP contribution is 2.04. The Kier molecular flexibility index (Phi) is 2.59. The smallest absolute Gasteiger partial charge is 0.0229 e. The van der Waals surface area contributed by atoms with Gasteiger partial charge >= 0.3 is 0 Å². The summed E-state index contributed by atoms with van der Waals surface area (Å²) in [7, 11) is 0. The first-order valence-electron chi connectivity index (χ1n) is 2.63. The normalized spacial score (nSPS) is 24.0. The van der Waals surface area contributed by atoms with E-state index in [0.29, 0.717) is 0 Å². The summed E-state index contributed by atoms with van der Waals surface area (Å²) in [4.78, 5) is 0. The third kappa shape index (κ3) is 2.19. The fourth-order valence-corrected chi connectivity index (χ4v) is 1.33. The third-order valence-electron chi connectivity index (χ3n) is 0.942. The van der Waals surface area contributed by atoms with E-state index in [4.69, 9.17) is 0 Å². The Balaban J connectivity index is 2.04. The van der Waals surface area contributed by atoms with E-state index in [1.165, 1.54) is 17.9 Å². The zero-order valence-electron chi connectivity index (χ0n) is 4.31. The van der Waals surface area contributed by atoms with E-state index >= 15 is 0 Å². The minimum absolute atomic E-state index is 1.16. The molecule has 1 nitrogen and oxygen atoms in total. The van der Waals surface area contributed by atoms with Crippen LogP contribution in [-0.4, -0.2) is 18.1 Å². The zero-order valence-corrected chi connectivity index (χ0v) is 5.13. The molecule has 1 N–H and O–H groups in total. The van der Waals surface area contributed by atoms with Crippen LogP contribution in [0.4, 0.5) is 0 Å². The van der Waals surface area contributed by atoms with E-state index < -0.39 is 0 Å². The maximum atomic E-state index is 3.20. The van der Waals surface area contributed by atoms with Crippen molar-refractivity contribution in [2.45, 2.75) is 6.42 Å². The Labute approximate surface area is 48.9 Å². The van der Waals surface area contributed by atoms with Crippen LogP contribution in [0.2, 0.25) is 0 Å². The third-order valence-corrected chi connectivity index (χ3v) is 1.96. The number of rotatable bonds is 0. The van der Waals surface area contributed by atoms with Crippen LogP contribution in [0.15, 0.2) is 0 Å². The molecule has 0 aromatic heterocycles. The van der Waals surface area contributed by atoms with Crippen LogP contribution in [0.1, 0.15) is 6.42 Å². The summed E-state index contributed by atoms with van der Waals surface area (Å²) in [6.07, 6.45) is 1.23. The van der Waals surface area contributed by atoms with Crippen LogP contribution in [0.5, 0.6) is 0 Å². The lowest BCUT2D eigenvalue weighted by atomic mass is 10.5. The fraction of sp³-hybridized carbons (Fsp3) is 0.800. The van der Waals surface area contributed by atoms with E-state index in [-0.39, 0.29) is 0 Å². The number of nitrogens with one attached hydrogen (secondary N) is 1. The Morgan fingerprint density at radius 2 is 2.43 bits per heavy atom. The molecule has 1 fully saturated rings. The van der Waals surface area contributed by atoms with Crippen molar-refractivity contribution < 1.29 is 0 Å². The molecule has 41 valence electrons. The van der Waals surface area contributed by atoms with Crippen molar-refractivity contribution in [1.82, 2.24) is 5.32 Å². The lowest BCUT2D eigenvalue weighted by Crippen LogP contribution is -2.10. The van der Waals surface area contributed by atoms with Gasteiger partial charge in [0, 0.05) is 18.8 Å². The molecule has 1 aliphatic heterocycles. The van der Waals surface area contributed by atoms with E-state index in [1.54, 1.807) is 0 Å². The summed E-state index contributed by atoms with van der Waals surface area (Å²) in [5.74, 6) is 2.57. The molecule has 0 aliphatic carbocycles. The Morgan fingerprint density at radius 1 is 1.43 bits per heavy atom. The molecule has 1 heterocycles. The van der Waals surface area contributed by atoms with E-state index in [1.807, 2.05) is 11.8 Å². The van der Waals surface area contributed by atoms with Crippen molar-refractivity contribution in [1.29, 1.82) is 0 Å². The molecule has 0 unspecified atom stereocenters. The van der Waals surface area contributed by atoms with E-state index in [9.17, 15) is 0 Å². The van der Waals surface area contributed by atoms with Crippen LogP contribution in [-0.2, 0) is 0 Å². The fourth-order valence-electron chi connectivity index (χ4n) is 0.580. The molecule has 0 atom stereocenters. The van der Waals surface area contributed by atoms with E-state index in [2.05, 4.69) is 11.9 Å². The second-order valence-electron chi connectivity index (χ2n) is 1.56. The standard InChI is InChI=1S/C5H10NS/c1-2-6-3-5-7-4-1/h2,6H,1,3-5H2. The monoisotopic (exact) mass is 116 g/mol. The molecule has 0 amide bonds. The molecule has 0 aromatic rings. The Hall–Kier alpha value is 0.310. The summed E-state index contributed by atoms with van der Waals surface area (Å²) in [6.45, 7) is 3.31. The first-order chi connectivity index (χ1) is 3.50. The average Bonchev–Trinajstić information content (AvgIpc) is 1.90. The minimum atomic E-state index is 1.16. The molecule has 0 bridgehead atoms. The Bertz CT molecular complexity index is 27.7. The molecule has 1 saturated heterocycles. The predicted octanol–water partition coefficient (Wildman–Crippen LogP) is 0.875. The van der Waals surface area contributed by atoms with Gasteiger partial charge in [-0.3, -0.25) is 0 Å². The maximum Gasteiger partial charge on any atom is 0.0229 e. The first-order valence-corrected chi connectivity index (χ1v) is 3.78. The second kappa shape index (κ2) is 3.33. The lowest BCUT2D eigenvalue weighted by molar-refractivity contribution is 0.823. The average molecular weight is 116 g/mol. The van der Waals surface area contributed by atoms with Crippen molar-refractivity contribution in [3.8, 4) is 0 Å². The maximum absolute atomic E-state index is 3.20. The zero-order chi connectivity index (χ0) is 4.95. The summed E-state index contributed by atoms with van der Waals surface area (Å²) in [6, 6.07) is 0. The van der Waals surface area contributed by atoms with Gasteiger partial charge in [0.25, 0.3) is 0 Å². The summed E-state index contributed by atoms with van der Waals surface area (Å²) < 4.78 is 0. The molecule has 7 heavy (non-hydrogen) atoms. The molecule has 0 saturated carbocycles. The quantitative estimate of drug-likeness (QED) is 0.504. The topological polar surface area (TPSA) is 12.0 Å². The van der Waals surface area contributed by atoms with Crippen LogP contribution in [0.3, 0.4) is 0 Å². The van der Waals surface area contributed by atoms with Crippen LogP contribution >= 0.6 is 11.8 Å². The van der Waals surface area contributed by atoms with Gasteiger partial charge in [0.15, 0.2) is 0 Å². The molecular formula is C5H10NS. The number of hydrogen-bond acceptors (Lipinski definition) is 2. The predicted molar refractivity (Wildman–Crippen MR) is 34.2 cm³/mol. The van der Waals surface area contributed by atoms with Gasteiger partial charge in [-0.15, -0.1) is 0 Å². The van der Waals surface area contributed by atoms with Crippen molar-refractivity contribution in [2.75, 3.05) is 18.1 Å². The highest BCUT2D eigenvalue weighted by atomic mass is 32.2. The van der Waals surface area contributed by atoms with Crippen molar-refractivity contribution in [3.05, 3.63) is 6.54 Å². The SMILES string of the molecule is [CH]1CCSCCN1. The van der Waals surface area contributed by atoms with Gasteiger partial charge in [-0.1, -0.05) is 0 Å². The molecular weight excluding hydrogens is 106 g/mol. The molecule has 1 rings (SSSR count). The molecule has 1 radical (unpaired) electrons.